The van der Waals surface area contributed by atoms with Crippen LogP contribution in [-0.4, -0.2) is 79.5 Å². The van der Waals surface area contributed by atoms with E-state index in [-0.39, 0.29) is 43.4 Å². The van der Waals surface area contributed by atoms with Crippen LogP contribution in [-0.2, 0) is 27.2 Å². The van der Waals surface area contributed by atoms with Crippen LogP contribution in [0.3, 0.4) is 0 Å². The molecule has 1 saturated carbocycles. The second-order valence-corrected chi connectivity index (χ2v) is 14.3. The maximum atomic E-state index is 14.1. The van der Waals surface area contributed by atoms with Crippen molar-refractivity contribution in [2.75, 3.05) is 6.54 Å². The molecular formula is C38H55N5O6. The Bertz CT molecular complexity index is 1360. The van der Waals surface area contributed by atoms with E-state index in [1.54, 1.807) is 6.20 Å². The van der Waals surface area contributed by atoms with E-state index in [2.05, 4.69) is 41.0 Å². The van der Waals surface area contributed by atoms with E-state index in [1.165, 1.54) is 12.7 Å². The van der Waals surface area contributed by atoms with Crippen molar-refractivity contribution in [1.82, 2.24) is 25.5 Å². The fourth-order valence-electron chi connectivity index (χ4n) is 7.44. The van der Waals surface area contributed by atoms with E-state index in [0.29, 0.717) is 37.3 Å². The Morgan fingerprint density at radius 2 is 1.76 bits per heavy atom. The molecule has 1 aromatic carbocycles. The van der Waals surface area contributed by atoms with Crippen LogP contribution in [0, 0.1) is 23.7 Å². The lowest BCUT2D eigenvalue weighted by Gasteiger charge is -2.33. The average molecular weight is 678 g/mol. The standard InChI is InChI=1S/C38H55N5O6/c1-4-28(25(2)3)20-34(44)31(19-27-14-9-6-10-15-27)41-37(47)32(22-30-23-39-24-40-30)42-36(46)29(18-26-12-7-5-8-13-26)21-35(45)33-16-11-17-43(33)38(48)49/h4-5,7-8,12-13,23-25,27-29,31-34,44H,1,6,9-11,14-22H2,2-3H3,(H,39,40)(H,41,47)(H,42,46)(H,48,49)/t28-,29-,31-,32-,33-,34-/m0/s1. The van der Waals surface area contributed by atoms with Crippen molar-refractivity contribution in [3.8, 4) is 0 Å². The number of Topliss-reactive ketones (excluding diaryl/α,β-unsaturated/α-hetero) is 1. The van der Waals surface area contributed by atoms with Gasteiger partial charge in [0.1, 0.15) is 6.04 Å². The van der Waals surface area contributed by atoms with Crippen LogP contribution in [0.4, 0.5) is 4.79 Å². The molecule has 4 rings (SSSR count). The lowest BCUT2D eigenvalue weighted by atomic mass is 9.81. The van der Waals surface area contributed by atoms with Crippen LogP contribution in [0.15, 0.2) is 55.5 Å². The Balaban J connectivity index is 1.56. The van der Waals surface area contributed by atoms with E-state index in [9.17, 15) is 29.4 Å². The maximum Gasteiger partial charge on any atom is 0.407 e. The number of aromatic amines is 1. The van der Waals surface area contributed by atoms with E-state index >= 15 is 0 Å². The van der Waals surface area contributed by atoms with Crippen LogP contribution in [0.5, 0.6) is 0 Å². The smallest absolute Gasteiger partial charge is 0.407 e. The summed E-state index contributed by atoms with van der Waals surface area (Å²) < 4.78 is 0. The lowest BCUT2D eigenvalue weighted by Crippen LogP contribution is -2.55. The number of ketones is 1. The first-order chi connectivity index (χ1) is 23.5. The minimum Gasteiger partial charge on any atom is -0.465 e. The third-order valence-corrected chi connectivity index (χ3v) is 10.4. The highest BCUT2D eigenvalue weighted by Gasteiger charge is 2.37. The molecule has 1 saturated heterocycles. The number of imidazole rings is 1. The zero-order valence-electron chi connectivity index (χ0n) is 29.1. The molecule has 0 radical (unpaired) electrons. The molecule has 2 aromatic rings. The number of aliphatic hydroxyl groups excluding tert-OH is 1. The number of carboxylic acid groups (broad SMARTS) is 1. The van der Waals surface area contributed by atoms with E-state index in [1.807, 2.05) is 36.4 Å². The molecule has 2 aliphatic rings. The minimum atomic E-state index is -1.14. The van der Waals surface area contributed by atoms with Crippen LogP contribution >= 0.6 is 0 Å². The van der Waals surface area contributed by atoms with Gasteiger partial charge in [-0.25, -0.2) is 9.78 Å². The molecule has 268 valence electrons. The predicted molar refractivity (Wildman–Crippen MR) is 188 cm³/mol. The highest BCUT2D eigenvalue weighted by Crippen LogP contribution is 2.30. The molecule has 2 fully saturated rings. The average Bonchev–Trinajstić information content (AvgIpc) is 3.80. The van der Waals surface area contributed by atoms with Crippen LogP contribution in [0.1, 0.15) is 89.3 Å². The Hall–Kier alpha value is -3.99. The number of aromatic nitrogens is 2. The summed E-state index contributed by atoms with van der Waals surface area (Å²) in [5, 5.41) is 27.2. The number of amides is 3. The zero-order valence-corrected chi connectivity index (χ0v) is 29.1. The van der Waals surface area contributed by atoms with Gasteiger partial charge in [0.15, 0.2) is 5.78 Å². The molecule has 1 aliphatic heterocycles. The summed E-state index contributed by atoms with van der Waals surface area (Å²) in [5.74, 6) is -1.28. The summed E-state index contributed by atoms with van der Waals surface area (Å²) in [6, 6.07) is 7.01. The second-order valence-electron chi connectivity index (χ2n) is 14.3. The minimum absolute atomic E-state index is 0.0773. The molecule has 6 atom stereocenters. The zero-order chi connectivity index (χ0) is 35.3. The highest BCUT2D eigenvalue weighted by molar-refractivity contribution is 5.94. The van der Waals surface area contributed by atoms with Gasteiger partial charge in [0.25, 0.3) is 0 Å². The number of rotatable bonds is 18. The number of nitrogens with zero attached hydrogens (tertiary/aromatic N) is 2. The first-order valence-corrected chi connectivity index (χ1v) is 18.0. The molecule has 1 aliphatic carbocycles. The van der Waals surface area contributed by atoms with Crippen LogP contribution in [0.2, 0.25) is 0 Å². The molecule has 5 N–H and O–H groups in total. The van der Waals surface area contributed by atoms with Crippen molar-refractivity contribution < 1.29 is 29.4 Å². The molecule has 11 nitrogen and oxygen atoms in total. The molecule has 0 unspecified atom stereocenters. The number of nitrogens with one attached hydrogen (secondary N) is 3. The molecule has 3 amide bonds. The third-order valence-electron chi connectivity index (χ3n) is 10.4. The van der Waals surface area contributed by atoms with Gasteiger partial charge in [-0.3, -0.25) is 19.3 Å². The van der Waals surface area contributed by atoms with E-state index in [4.69, 9.17) is 0 Å². The van der Waals surface area contributed by atoms with Crippen molar-refractivity contribution >= 4 is 23.7 Å². The van der Waals surface area contributed by atoms with Crippen molar-refractivity contribution in [2.45, 2.75) is 115 Å². The van der Waals surface area contributed by atoms with Crippen molar-refractivity contribution in [3.05, 3.63) is 66.8 Å². The SMILES string of the molecule is C=C[C@@H](C[C@H](O)[C@H](CC1CCCCC1)NC(=O)[C@H](Cc1c[nH]cn1)NC(=O)[C@H](CC(=O)[C@@H]1CCCN1C(=O)O)Cc1ccccc1)C(C)C. The number of benzene rings is 1. The summed E-state index contributed by atoms with van der Waals surface area (Å²) in [7, 11) is 0. The van der Waals surface area contributed by atoms with Crippen LogP contribution in [0.25, 0.3) is 0 Å². The topological polar surface area (TPSA) is 165 Å². The van der Waals surface area contributed by atoms with Gasteiger partial charge in [0, 0.05) is 31.5 Å². The second kappa shape index (κ2) is 18.7. The predicted octanol–water partition coefficient (Wildman–Crippen LogP) is 5.06. The van der Waals surface area contributed by atoms with Crippen LogP contribution < -0.4 is 10.6 Å². The molecule has 2 heterocycles. The molecule has 49 heavy (non-hydrogen) atoms. The Labute approximate surface area is 290 Å². The summed E-state index contributed by atoms with van der Waals surface area (Å²) in [6.45, 7) is 8.43. The number of H-pyrrole nitrogens is 1. The van der Waals surface area contributed by atoms with E-state index < -0.39 is 48.1 Å². The fourth-order valence-corrected chi connectivity index (χ4v) is 7.44. The summed E-state index contributed by atoms with van der Waals surface area (Å²) in [5.41, 5.74) is 1.43. The summed E-state index contributed by atoms with van der Waals surface area (Å²) in [6.07, 6.45) is 11.0. The van der Waals surface area contributed by atoms with Gasteiger partial charge in [-0.05, 0) is 55.4 Å². The molecule has 1 aromatic heterocycles. The number of carbonyl (C=O) groups is 4. The van der Waals surface area contributed by atoms with Gasteiger partial charge < -0.3 is 25.8 Å². The first kappa shape index (κ1) is 37.8. The third kappa shape index (κ3) is 11.3. The number of allylic oxidation sites excluding steroid dienone is 1. The molecule has 11 heteroatoms. The maximum absolute atomic E-state index is 14.1. The fraction of sp³-hybridized carbons (Fsp3) is 0.605. The van der Waals surface area contributed by atoms with Crippen molar-refractivity contribution in [2.24, 2.45) is 23.7 Å². The van der Waals surface area contributed by atoms with Gasteiger partial charge in [-0.2, -0.15) is 0 Å². The number of likely N-dealkylation sites (tertiary alicyclic amines) is 1. The van der Waals surface area contributed by atoms with Gasteiger partial charge in [0.2, 0.25) is 11.8 Å². The number of hydrogen-bond acceptors (Lipinski definition) is 6. The van der Waals surface area contributed by atoms with Gasteiger partial charge in [-0.1, -0.05) is 82.4 Å². The number of aliphatic hydroxyl groups is 1. The Morgan fingerprint density at radius 1 is 1.02 bits per heavy atom. The lowest BCUT2D eigenvalue weighted by molar-refractivity contribution is -0.134. The van der Waals surface area contributed by atoms with Gasteiger partial charge in [0.05, 0.1) is 30.2 Å². The molecular weight excluding hydrogens is 622 g/mol. The number of hydrogen-bond donors (Lipinski definition) is 5. The largest absolute Gasteiger partial charge is 0.465 e. The molecule has 0 bridgehead atoms. The Morgan fingerprint density at radius 3 is 2.39 bits per heavy atom. The Kier molecular flexibility index (Phi) is 14.4. The van der Waals surface area contributed by atoms with Crippen molar-refractivity contribution in [3.63, 3.8) is 0 Å². The highest BCUT2D eigenvalue weighted by atomic mass is 16.4. The molecule has 0 spiro atoms. The monoisotopic (exact) mass is 677 g/mol. The summed E-state index contributed by atoms with van der Waals surface area (Å²) >= 11 is 0. The van der Waals surface area contributed by atoms with E-state index in [0.717, 1.165) is 36.1 Å². The van der Waals surface area contributed by atoms with Gasteiger partial charge >= 0.3 is 6.09 Å². The van der Waals surface area contributed by atoms with Crippen molar-refractivity contribution in [1.29, 1.82) is 0 Å². The summed E-state index contributed by atoms with van der Waals surface area (Å²) in [4.78, 5) is 61.9. The normalized spacial score (nSPS) is 19.8. The van der Waals surface area contributed by atoms with Gasteiger partial charge in [-0.15, -0.1) is 6.58 Å². The quantitative estimate of drug-likeness (QED) is 0.138. The first-order valence-electron chi connectivity index (χ1n) is 18.0. The number of carbonyl (C=O) groups excluding carboxylic acids is 3.